The van der Waals surface area contributed by atoms with E-state index in [1.165, 1.54) is 37.7 Å². The summed E-state index contributed by atoms with van der Waals surface area (Å²) in [5, 5.41) is 10.7. The van der Waals surface area contributed by atoms with Crippen molar-refractivity contribution < 1.29 is 14.4 Å². The van der Waals surface area contributed by atoms with Crippen molar-refractivity contribution in [2.75, 3.05) is 7.11 Å². The number of rotatable bonds is 4. The number of benzene rings is 1. The fraction of sp³-hybridized carbons (Fsp3) is 0.0909. The molecule has 0 radical (unpaired) electrons. The summed E-state index contributed by atoms with van der Waals surface area (Å²) in [4.78, 5) is 18.0. The quantitative estimate of drug-likeness (QED) is 0.634. The molecule has 0 aliphatic heterocycles. The lowest BCUT2D eigenvalue weighted by Crippen LogP contribution is -1.95. The molecule has 98 valence electrons. The number of nitro groups is 1. The molecule has 0 unspecified atom stereocenters. The fourth-order valence-electron chi connectivity index (χ4n) is 1.31. The van der Waals surface area contributed by atoms with Crippen LogP contribution < -0.4 is 9.47 Å². The summed E-state index contributed by atoms with van der Waals surface area (Å²) < 4.78 is 11.2. The molecule has 1 aromatic heterocycles. The molecule has 7 nitrogen and oxygen atoms in total. The van der Waals surface area contributed by atoms with E-state index in [-0.39, 0.29) is 17.4 Å². The number of methoxy groups -OCH3 is 1. The lowest BCUT2D eigenvalue weighted by atomic mass is 10.3. The summed E-state index contributed by atoms with van der Waals surface area (Å²) in [5.74, 6) is 0.538. The van der Waals surface area contributed by atoms with Gasteiger partial charge >= 0.3 is 6.01 Å². The average molecular weight is 326 g/mol. The molecule has 2 aromatic rings. The fourth-order valence-corrected chi connectivity index (χ4v) is 1.51. The summed E-state index contributed by atoms with van der Waals surface area (Å²) >= 11 is 3.20. The number of halogens is 1. The van der Waals surface area contributed by atoms with Crippen molar-refractivity contribution in [3.05, 3.63) is 45.2 Å². The summed E-state index contributed by atoms with van der Waals surface area (Å²) in [6.07, 6.45) is 3.06. The van der Waals surface area contributed by atoms with Gasteiger partial charge in [0.05, 0.1) is 22.6 Å². The van der Waals surface area contributed by atoms with Gasteiger partial charge in [-0.05, 0) is 22.0 Å². The predicted octanol–water partition coefficient (Wildman–Crippen LogP) is 2.95. The Bertz CT molecular complexity index is 603. The molecule has 0 saturated carbocycles. The van der Waals surface area contributed by atoms with Crippen LogP contribution in [0.2, 0.25) is 0 Å². The minimum absolute atomic E-state index is 0.0825. The van der Waals surface area contributed by atoms with E-state index in [1.54, 1.807) is 0 Å². The van der Waals surface area contributed by atoms with Crippen LogP contribution in [-0.2, 0) is 0 Å². The van der Waals surface area contributed by atoms with Crippen LogP contribution in [0, 0.1) is 10.1 Å². The summed E-state index contributed by atoms with van der Waals surface area (Å²) in [7, 11) is 1.40. The Morgan fingerprint density at radius 2 is 1.95 bits per heavy atom. The van der Waals surface area contributed by atoms with Crippen molar-refractivity contribution in [1.82, 2.24) is 9.97 Å². The van der Waals surface area contributed by atoms with Crippen LogP contribution in [0.15, 0.2) is 35.1 Å². The molecule has 0 fully saturated rings. The van der Waals surface area contributed by atoms with Crippen molar-refractivity contribution in [3.8, 4) is 17.5 Å². The second-order valence-electron chi connectivity index (χ2n) is 3.38. The lowest BCUT2D eigenvalue weighted by Gasteiger charge is -2.08. The van der Waals surface area contributed by atoms with Gasteiger partial charge in [-0.3, -0.25) is 10.1 Å². The van der Waals surface area contributed by atoms with Crippen molar-refractivity contribution in [2.45, 2.75) is 0 Å². The van der Waals surface area contributed by atoms with Gasteiger partial charge in [0.15, 0.2) is 11.5 Å². The third-order valence-electron chi connectivity index (χ3n) is 2.16. The van der Waals surface area contributed by atoms with Crippen molar-refractivity contribution in [2.24, 2.45) is 0 Å². The summed E-state index contributed by atoms with van der Waals surface area (Å²) in [6.45, 7) is 0. The van der Waals surface area contributed by atoms with Gasteiger partial charge in [0, 0.05) is 18.5 Å². The zero-order chi connectivity index (χ0) is 13.8. The SMILES string of the molecule is COc1cc([N+](=O)[O-])ccc1Oc1ncc(Br)cn1. The van der Waals surface area contributed by atoms with Gasteiger partial charge < -0.3 is 9.47 Å². The van der Waals surface area contributed by atoms with Crippen molar-refractivity contribution in [3.63, 3.8) is 0 Å². The summed E-state index contributed by atoms with van der Waals surface area (Å²) in [6, 6.07) is 4.14. The van der Waals surface area contributed by atoms with Crippen LogP contribution in [0.5, 0.6) is 17.5 Å². The number of hydrogen-bond acceptors (Lipinski definition) is 6. The van der Waals surface area contributed by atoms with Crippen LogP contribution in [-0.4, -0.2) is 22.0 Å². The number of non-ortho nitro benzene ring substituents is 1. The molecular formula is C11H8BrN3O4. The molecule has 0 saturated heterocycles. The molecule has 0 spiro atoms. The molecule has 0 aliphatic carbocycles. The molecular weight excluding hydrogens is 318 g/mol. The summed E-state index contributed by atoms with van der Waals surface area (Å²) in [5.41, 5.74) is -0.0825. The van der Waals surface area contributed by atoms with E-state index in [4.69, 9.17) is 9.47 Å². The number of ether oxygens (including phenoxy) is 2. The molecule has 0 atom stereocenters. The first-order valence-corrected chi connectivity index (χ1v) is 5.87. The van der Waals surface area contributed by atoms with Crippen molar-refractivity contribution in [1.29, 1.82) is 0 Å². The number of nitro benzene ring substituents is 1. The Hall–Kier alpha value is -2.22. The van der Waals surface area contributed by atoms with Crippen LogP contribution in [0.25, 0.3) is 0 Å². The maximum Gasteiger partial charge on any atom is 0.322 e. The lowest BCUT2D eigenvalue weighted by molar-refractivity contribution is -0.384. The van der Waals surface area contributed by atoms with Crippen LogP contribution in [0.4, 0.5) is 5.69 Å². The number of hydrogen-bond donors (Lipinski definition) is 0. The molecule has 1 aromatic carbocycles. The third kappa shape index (κ3) is 3.16. The van der Waals surface area contributed by atoms with Gasteiger partial charge in [0.25, 0.3) is 5.69 Å². The van der Waals surface area contributed by atoms with Gasteiger partial charge in [0.2, 0.25) is 0 Å². The highest BCUT2D eigenvalue weighted by atomic mass is 79.9. The van der Waals surface area contributed by atoms with E-state index in [9.17, 15) is 10.1 Å². The topological polar surface area (TPSA) is 87.4 Å². The minimum atomic E-state index is -0.511. The highest BCUT2D eigenvalue weighted by Crippen LogP contribution is 2.33. The van der Waals surface area contributed by atoms with Crippen LogP contribution >= 0.6 is 15.9 Å². The normalized spacial score (nSPS) is 10.0. The van der Waals surface area contributed by atoms with E-state index in [0.29, 0.717) is 5.75 Å². The Balaban J connectivity index is 2.29. The van der Waals surface area contributed by atoms with Gasteiger partial charge in [-0.2, -0.15) is 0 Å². The second-order valence-corrected chi connectivity index (χ2v) is 4.29. The maximum absolute atomic E-state index is 10.7. The average Bonchev–Trinajstić information content (AvgIpc) is 2.41. The Labute approximate surface area is 116 Å². The first-order chi connectivity index (χ1) is 9.10. The number of nitrogens with zero attached hydrogens (tertiary/aromatic N) is 3. The molecule has 0 bridgehead atoms. The minimum Gasteiger partial charge on any atom is -0.493 e. The molecule has 0 amide bonds. The molecule has 2 rings (SSSR count). The highest BCUT2D eigenvalue weighted by molar-refractivity contribution is 9.10. The van der Waals surface area contributed by atoms with Crippen LogP contribution in [0.3, 0.4) is 0 Å². The van der Waals surface area contributed by atoms with Gasteiger partial charge in [-0.25, -0.2) is 9.97 Å². The molecule has 8 heteroatoms. The Kier molecular flexibility index (Phi) is 3.91. The Morgan fingerprint density at radius 1 is 1.26 bits per heavy atom. The highest BCUT2D eigenvalue weighted by Gasteiger charge is 2.13. The van der Waals surface area contributed by atoms with Gasteiger partial charge in [0.1, 0.15) is 0 Å². The third-order valence-corrected chi connectivity index (χ3v) is 2.57. The number of aromatic nitrogens is 2. The first-order valence-electron chi connectivity index (χ1n) is 5.08. The van der Waals surface area contributed by atoms with Gasteiger partial charge in [-0.1, -0.05) is 0 Å². The predicted molar refractivity (Wildman–Crippen MR) is 69.5 cm³/mol. The standard InChI is InChI=1S/C11H8BrN3O4/c1-18-10-4-8(15(16)17)2-3-9(10)19-11-13-5-7(12)6-14-11/h2-6H,1H3. The second kappa shape index (κ2) is 5.61. The van der Waals surface area contributed by atoms with E-state index < -0.39 is 4.92 Å². The van der Waals surface area contributed by atoms with Crippen LogP contribution in [0.1, 0.15) is 0 Å². The molecule has 1 heterocycles. The molecule has 0 N–H and O–H groups in total. The van der Waals surface area contributed by atoms with E-state index in [1.807, 2.05) is 0 Å². The first kappa shape index (κ1) is 13.2. The van der Waals surface area contributed by atoms with E-state index in [2.05, 4.69) is 25.9 Å². The molecule has 0 aliphatic rings. The smallest absolute Gasteiger partial charge is 0.322 e. The van der Waals surface area contributed by atoms with E-state index >= 15 is 0 Å². The van der Waals surface area contributed by atoms with E-state index in [0.717, 1.165) is 4.47 Å². The maximum atomic E-state index is 10.7. The van der Waals surface area contributed by atoms with Gasteiger partial charge in [-0.15, -0.1) is 0 Å². The monoisotopic (exact) mass is 325 g/mol. The zero-order valence-electron chi connectivity index (χ0n) is 9.74. The largest absolute Gasteiger partial charge is 0.493 e. The Morgan fingerprint density at radius 3 is 2.53 bits per heavy atom. The van der Waals surface area contributed by atoms with Crippen molar-refractivity contribution >= 4 is 21.6 Å². The molecule has 19 heavy (non-hydrogen) atoms. The zero-order valence-corrected chi connectivity index (χ0v) is 11.3.